The second-order valence-electron chi connectivity index (χ2n) is 7.19. The fraction of sp³-hybridized carbons (Fsp3) is 0.941. The Labute approximate surface area is 153 Å². The van der Waals surface area contributed by atoms with Gasteiger partial charge in [0, 0.05) is 33.2 Å². The lowest BCUT2D eigenvalue weighted by atomic mass is 9.82. The van der Waals surface area contributed by atoms with E-state index in [1.165, 1.54) is 64.8 Å². The molecule has 3 aliphatic rings. The molecular formula is C17H33IN4. The van der Waals surface area contributed by atoms with Crippen molar-refractivity contribution in [3.05, 3.63) is 0 Å². The number of nitrogens with one attached hydrogen (secondary N) is 1. The predicted octanol–water partition coefficient (Wildman–Crippen LogP) is 2.64. The molecule has 1 aliphatic carbocycles. The first-order valence-electron chi connectivity index (χ1n) is 8.98. The molecule has 4 nitrogen and oxygen atoms in total. The molecule has 2 aliphatic heterocycles. The average molecular weight is 420 g/mol. The summed E-state index contributed by atoms with van der Waals surface area (Å²) in [6, 6.07) is 0. The Bertz CT molecular complexity index is 360. The lowest BCUT2D eigenvalue weighted by molar-refractivity contribution is 0.299. The highest BCUT2D eigenvalue weighted by Gasteiger charge is 2.35. The molecule has 0 amide bonds. The summed E-state index contributed by atoms with van der Waals surface area (Å²) in [5, 5.41) is 3.66. The number of guanidine groups is 1. The normalized spacial score (nSPS) is 32.7. The van der Waals surface area contributed by atoms with Gasteiger partial charge in [0.15, 0.2) is 5.96 Å². The minimum absolute atomic E-state index is 0. The SMILES string of the molecule is CCN1CCC(CNC(=NC)N2CC3CCCCC3C2)C1.I. The molecule has 3 rings (SSSR count). The number of nitrogens with zero attached hydrogens (tertiary/aromatic N) is 3. The molecule has 2 saturated heterocycles. The molecule has 2 heterocycles. The molecule has 0 radical (unpaired) electrons. The molecule has 1 N–H and O–H groups in total. The summed E-state index contributed by atoms with van der Waals surface area (Å²) in [5.74, 6) is 3.81. The molecule has 0 aromatic rings. The monoisotopic (exact) mass is 420 g/mol. The van der Waals surface area contributed by atoms with Crippen molar-refractivity contribution >= 4 is 29.9 Å². The van der Waals surface area contributed by atoms with Gasteiger partial charge in [0.25, 0.3) is 0 Å². The first-order chi connectivity index (χ1) is 10.3. The van der Waals surface area contributed by atoms with Crippen LogP contribution < -0.4 is 5.32 Å². The van der Waals surface area contributed by atoms with Gasteiger partial charge in [-0.3, -0.25) is 4.99 Å². The number of hydrogen-bond acceptors (Lipinski definition) is 2. The Hall–Kier alpha value is -0.0400. The molecule has 0 spiro atoms. The molecule has 3 unspecified atom stereocenters. The third-order valence-electron chi connectivity index (χ3n) is 5.85. The quantitative estimate of drug-likeness (QED) is 0.433. The molecule has 128 valence electrons. The van der Waals surface area contributed by atoms with Crippen LogP contribution in [0.4, 0.5) is 0 Å². The number of aliphatic imine (C=N–C) groups is 1. The zero-order valence-corrected chi connectivity index (χ0v) is 16.6. The third-order valence-corrected chi connectivity index (χ3v) is 5.85. The second-order valence-corrected chi connectivity index (χ2v) is 7.19. The number of fused-ring (bicyclic) bond motifs is 1. The van der Waals surface area contributed by atoms with Gasteiger partial charge >= 0.3 is 0 Å². The van der Waals surface area contributed by atoms with Gasteiger partial charge in [-0.05, 0) is 50.1 Å². The lowest BCUT2D eigenvalue weighted by Crippen LogP contribution is -2.42. The molecule has 22 heavy (non-hydrogen) atoms. The highest BCUT2D eigenvalue weighted by molar-refractivity contribution is 14.0. The maximum absolute atomic E-state index is 4.55. The summed E-state index contributed by atoms with van der Waals surface area (Å²) in [6.45, 7) is 9.55. The van der Waals surface area contributed by atoms with Crippen LogP contribution in [0, 0.1) is 17.8 Å². The van der Waals surface area contributed by atoms with Crippen molar-refractivity contribution in [1.82, 2.24) is 15.1 Å². The molecule has 0 aromatic carbocycles. The van der Waals surface area contributed by atoms with E-state index in [1.54, 1.807) is 0 Å². The van der Waals surface area contributed by atoms with Crippen LogP contribution in [0.15, 0.2) is 4.99 Å². The standard InChI is InChI=1S/C17H32N4.HI/c1-3-20-9-8-14(11-20)10-19-17(18-2)21-12-15-6-4-5-7-16(15)13-21;/h14-16H,3-13H2,1-2H3,(H,18,19);1H. The first kappa shape index (κ1) is 18.3. The van der Waals surface area contributed by atoms with Crippen molar-refractivity contribution < 1.29 is 0 Å². The van der Waals surface area contributed by atoms with E-state index in [0.29, 0.717) is 0 Å². The molecule has 5 heteroatoms. The predicted molar refractivity (Wildman–Crippen MR) is 104 cm³/mol. The van der Waals surface area contributed by atoms with Gasteiger partial charge in [0.2, 0.25) is 0 Å². The summed E-state index contributed by atoms with van der Waals surface area (Å²) < 4.78 is 0. The van der Waals surface area contributed by atoms with Crippen LogP contribution >= 0.6 is 24.0 Å². The molecular weight excluding hydrogens is 387 g/mol. The van der Waals surface area contributed by atoms with E-state index in [-0.39, 0.29) is 24.0 Å². The van der Waals surface area contributed by atoms with E-state index in [2.05, 4.69) is 27.0 Å². The van der Waals surface area contributed by atoms with E-state index >= 15 is 0 Å². The van der Waals surface area contributed by atoms with Crippen LogP contribution in [0.2, 0.25) is 0 Å². The van der Waals surface area contributed by atoms with Crippen LogP contribution in [0.1, 0.15) is 39.0 Å². The van der Waals surface area contributed by atoms with Crippen molar-refractivity contribution in [1.29, 1.82) is 0 Å². The summed E-state index contributed by atoms with van der Waals surface area (Å²) in [6.07, 6.45) is 7.09. The number of halogens is 1. The Morgan fingerprint density at radius 3 is 2.32 bits per heavy atom. The zero-order valence-electron chi connectivity index (χ0n) is 14.3. The van der Waals surface area contributed by atoms with E-state index in [0.717, 1.165) is 30.3 Å². The van der Waals surface area contributed by atoms with Crippen molar-refractivity contribution in [3.8, 4) is 0 Å². The number of rotatable bonds is 3. The van der Waals surface area contributed by atoms with Crippen molar-refractivity contribution in [2.75, 3.05) is 46.3 Å². The fourth-order valence-electron chi connectivity index (χ4n) is 4.51. The Morgan fingerprint density at radius 1 is 1.09 bits per heavy atom. The van der Waals surface area contributed by atoms with Crippen LogP contribution in [-0.4, -0.2) is 62.1 Å². The highest BCUT2D eigenvalue weighted by atomic mass is 127. The maximum atomic E-state index is 4.55. The molecule has 1 saturated carbocycles. The summed E-state index contributed by atoms with van der Waals surface area (Å²) in [7, 11) is 1.94. The van der Waals surface area contributed by atoms with E-state index in [1.807, 2.05) is 7.05 Å². The van der Waals surface area contributed by atoms with Gasteiger partial charge in [-0.1, -0.05) is 19.8 Å². The lowest BCUT2D eigenvalue weighted by Gasteiger charge is -2.23. The highest BCUT2D eigenvalue weighted by Crippen LogP contribution is 2.35. The minimum atomic E-state index is 0. The first-order valence-corrected chi connectivity index (χ1v) is 8.98. The Balaban J connectivity index is 0.00000176. The van der Waals surface area contributed by atoms with Gasteiger partial charge in [-0.25, -0.2) is 0 Å². The second kappa shape index (κ2) is 8.71. The van der Waals surface area contributed by atoms with Gasteiger partial charge in [-0.2, -0.15) is 0 Å². The van der Waals surface area contributed by atoms with Gasteiger partial charge < -0.3 is 15.1 Å². The molecule has 3 atom stereocenters. The van der Waals surface area contributed by atoms with Gasteiger partial charge in [-0.15, -0.1) is 24.0 Å². The Kier molecular flexibility index (Phi) is 7.25. The number of hydrogen-bond donors (Lipinski definition) is 1. The van der Waals surface area contributed by atoms with Crippen LogP contribution in [0.3, 0.4) is 0 Å². The van der Waals surface area contributed by atoms with E-state index < -0.39 is 0 Å². The topological polar surface area (TPSA) is 30.9 Å². The van der Waals surface area contributed by atoms with Crippen LogP contribution in [0.25, 0.3) is 0 Å². The maximum Gasteiger partial charge on any atom is 0.193 e. The Morgan fingerprint density at radius 2 is 1.77 bits per heavy atom. The third kappa shape index (κ3) is 4.28. The largest absolute Gasteiger partial charge is 0.356 e. The van der Waals surface area contributed by atoms with Crippen molar-refractivity contribution in [2.45, 2.75) is 39.0 Å². The van der Waals surface area contributed by atoms with Gasteiger partial charge in [0.1, 0.15) is 0 Å². The molecule has 3 fully saturated rings. The van der Waals surface area contributed by atoms with E-state index in [4.69, 9.17) is 0 Å². The molecule has 0 aromatic heterocycles. The molecule has 0 bridgehead atoms. The van der Waals surface area contributed by atoms with Gasteiger partial charge in [0.05, 0.1) is 0 Å². The van der Waals surface area contributed by atoms with Crippen molar-refractivity contribution in [3.63, 3.8) is 0 Å². The van der Waals surface area contributed by atoms with Crippen LogP contribution in [-0.2, 0) is 0 Å². The zero-order chi connectivity index (χ0) is 14.7. The summed E-state index contributed by atoms with van der Waals surface area (Å²) in [4.78, 5) is 9.62. The van der Waals surface area contributed by atoms with Crippen LogP contribution in [0.5, 0.6) is 0 Å². The smallest absolute Gasteiger partial charge is 0.193 e. The summed E-state index contributed by atoms with van der Waals surface area (Å²) in [5.41, 5.74) is 0. The van der Waals surface area contributed by atoms with E-state index in [9.17, 15) is 0 Å². The summed E-state index contributed by atoms with van der Waals surface area (Å²) >= 11 is 0. The number of likely N-dealkylation sites (tertiary alicyclic amines) is 2. The minimum Gasteiger partial charge on any atom is -0.356 e. The fourth-order valence-corrected chi connectivity index (χ4v) is 4.51. The van der Waals surface area contributed by atoms with Crippen molar-refractivity contribution in [2.24, 2.45) is 22.7 Å². The average Bonchev–Trinajstić information content (AvgIpc) is 3.14.